The number of ketones is 1. The Balaban J connectivity index is 2.11. The fourth-order valence-electron chi connectivity index (χ4n) is 2.36. The van der Waals surface area contributed by atoms with E-state index >= 15 is 0 Å². The average molecular weight is 364 g/mol. The fourth-order valence-corrected chi connectivity index (χ4v) is 2.97. The maximum atomic E-state index is 12.7. The van der Waals surface area contributed by atoms with Crippen molar-refractivity contribution in [3.05, 3.63) is 62.2 Å². The van der Waals surface area contributed by atoms with Crippen LogP contribution in [-0.4, -0.2) is 12.4 Å². The van der Waals surface area contributed by atoms with Crippen LogP contribution in [-0.2, 0) is 6.42 Å². The maximum absolute atomic E-state index is 12.7. The molecule has 0 saturated carbocycles. The van der Waals surface area contributed by atoms with E-state index in [4.69, 9.17) is 4.74 Å². The van der Waals surface area contributed by atoms with Crippen LogP contribution in [0.3, 0.4) is 0 Å². The smallest absolute Gasteiger partial charge is 0.197 e. The topological polar surface area (TPSA) is 26.3 Å². The van der Waals surface area contributed by atoms with Crippen LogP contribution in [0.5, 0.6) is 5.75 Å². The van der Waals surface area contributed by atoms with Gasteiger partial charge in [-0.15, -0.1) is 0 Å². The van der Waals surface area contributed by atoms with E-state index in [9.17, 15) is 4.79 Å². The number of fused-ring (bicyclic) bond motifs is 1. The third-order valence-corrected chi connectivity index (χ3v) is 4.83. The molecule has 3 heteroatoms. The molecule has 0 spiro atoms. The quantitative estimate of drug-likeness (QED) is 0.599. The Labute approximate surface area is 125 Å². The predicted molar refractivity (Wildman–Crippen MR) is 83.0 cm³/mol. The van der Waals surface area contributed by atoms with Gasteiger partial charge in [0.05, 0.1) is 12.2 Å². The molecule has 0 fully saturated rings. The lowest BCUT2D eigenvalue weighted by molar-refractivity contribution is 0.103. The van der Waals surface area contributed by atoms with Gasteiger partial charge in [-0.05, 0) is 52.8 Å². The molecule has 0 atom stereocenters. The number of hydrogen-bond donors (Lipinski definition) is 0. The molecule has 1 aliphatic heterocycles. The summed E-state index contributed by atoms with van der Waals surface area (Å²) >= 11 is 2.23. The number of carbonyl (C=O) groups is 1. The Bertz CT molecular complexity index is 662. The number of benzene rings is 2. The van der Waals surface area contributed by atoms with E-state index in [1.54, 1.807) is 0 Å². The van der Waals surface area contributed by atoms with Gasteiger partial charge < -0.3 is 4.74 Å². The van der Waals surface area contributed by atoms with Crippen molar-refractivity contribution in [1.82, 2.24) is 0 Å². The Morgan fingerprint density at radius 3 is 2.74 bits per heavy atom. The summed E-state index contributed by atoms with van der Waals surface area (Å²) in [6.45, 7) is 2.69. The molecule has 19 heavy (non-hydrogen) atoms. The van der Waals surface area contributed by atoms with Gasteiger partial charge in [0.2, 0.25) is 0 Å². The standard InChI is InChI=1S/C16H13IO2/c1-10-4-2-6-12(14(10)17)15(18)13-7-3-5-11-8-9-19-16(11)13/h2-7H,8-9H2,1H3. The third kappa shape index (κ3) is 2.16. The highest BCUT2D eigenvalue weighted by atomic mass is 127. The van der Waals surface area contributed by atoms with Crippen LogP contribution in [0.1, 0.15) is 27.0 Å². The van der Waals surface area contributed by atoms with Crippen LogP contribution in [0, 0.1) is 10.5 Å². The number of para-hydroxylation sites is 1. The first-order valence-electron chi connectivity index (χ1n) is 6.23. The SMILES string of the molecule is Cc1cccc(C(=O)c2cccc3c2OCC3)c1I. The molecule has 1 heterocycles. The van der Waals surface area contributed by atoms with E-state index in [1.165, 1.54) is 0 Å². The van der Waals surface area contributed by atoms with Gasteiger partial charge in [0, 0.05) is 15.6 Å². The predicted octanol–water partition coefficient (Wildman–Crippen LogP) is 3.77. The van der Waals surface area contributed by atoms with E-state index in [0.717, 1.165) is 32.4 Å². The lowest BCUT2D eigenvalue weighted by atomic mass is 9.99. The number of aryl methyl sites for hydroxylation is 1. The molecule has 2 nitrogen and oxygen atoms in total. The molecular weight excluding hydrogens is 351 g/mol. The van der Waals surface area contributed by atoms with Crippen molar-refractivity contribution in [2.24, 2.45) is 0 Å². The summed E-state index contributed by atoms with van der Waals surface area (Å²) in [5.74, 6) is 0.816. The molecule has 0 aromatic heterocycles. The second-order valence-electron chi connectivity index (χ2n) is 4.66. The molecule has 0 saturated heterocycles. The summed E-state index contributed by atoms with van der Waals surface area (Å²) in [4.78, 5) is 12.7. The minimum Gasteiger partial charge on any atom is -0.492 e. The second kappa shape index (κ2) is 4.96. The highest BCUT2D eigenvalue weighted by Gasteiger charge is 2.22. The molecular formula is C16H13IO2. The highest BCUT2D eigenvalue weighted by Crippen LogP contribution is 2.32. The van der Waals surface area contributed by atoms with Gasteiger partial charge in [-0.25, -0.2) is 0 Å². The molecule has 0 radical (unpaired) electrons. The van der Waals surface area contributed by atoms with Crippen LogP contribution in [0.4, 0.5) is 0 Å². The van der Waals surface area contributed by atoms with Gasteiger partial charge in [-0.1, -0.05) is 24.3 Å². The molecule has 2 aromatic rings. The first-order valence-corrected chi connectivity index (χ1v) is 7.31. The number of rotatable bonds is 2. The minimum atomic E-state index is 0.0480. The molecule has 0 amide bonds. The zero-order chi connectivity index (χ0) is 13.4. The molecule has 0 aliphatic carbocycles. The minimum absolute atomic E-state index is 0.0480. The average Bonchev–Trinajstić information content (AvgIpc) is 2.89. The van der Waals surface area contributed by atoms with Gasteiger partial charge >= 0.3 is 0 Å². The van der Waals surface area contributed by atoms with Crippen molar-refractivity contribution in [1.29, 1.82) is 0 Å². The second-order valence-corrected chi connectivity index (χ2v) is 5.74. The van der Waals surface area contributed by atoms with Gasteiger partial charge in [0.15, 0.2) is 5.78 Å². The fraction of sp³-hybridized carbons (Fsp3) is 0.188. The molecule has 2 aromatic carbocycles. The van der Waals surface area contributed by atoms with E-state index in [2.05, 4.69) is 22.6 Å². The number of ether oxygens (including phenoxy) is 1. The summed E-state index contributed by atoms with van der Waals surface area (Å²) in [5, 5.41) is 0. The van der Waals surface area contributed by atoms with Gasteiger partial charge in [0.1, 0.15) is 5.75 Å². The zero-order valence-electron chi connectivity index (χ0n) is 10.6. The lowest BCUT2D eigenvalue weighted by Gasteiger charge is -2.09. The van der Waals surface area contributed by atoms with Crippen molar-refractivity contribution in [2.45, 2.75) is 13.3 Å². The van der Waals surface area contributed by atoms with Gasteiger partial charge in [-0.2, -0.15) is 0 Å². The van der Waals surface area contributed by atoms with Crippen molar-refractivity contribution in [2.75, 3.05) is 6.61 Å². The third-order valence-electron chi connectivity index (χ3n) is 3.40. The van der Waals surface area contributed by atoms with Crippen LogP contribution in [0.15, 0.2) is 36.4 Å². The zero-order valence-corrected chi connectivity index (χ0v) is 12.7. The van der Waals surface area contributed by atoms with Crippen LogP contribution < -0.4 is 4.74 Å². The van der Waals surface area contributed by atoms with Crippen molar-refractivity contribution >= 4 is 28.4 Å². The number of carbonyl (C=O) groups excluding carboxylic acids is 1. The molecule has 0 N–H and O–H groups in total. The number of hydrogen-bond acceptors (Lipinski definition) is 2. The monoisotopic (exact) mass is 364 g/mol. The first-order chi connectivity index (χ1) is 9.18. The molecule has 3 rings (SSSR count). The van der Waals surface area contributed by atoms with Crippen molar-refractivity contribution in [3.63, 3.8) is 0 Å². The Morgan fingerprint density at radius 1 is 1.16 bits per heavy atom. The van der Waals surface area contributed by atoms with Crippen LogP contribution in [0.25, 0.3) is 0 Å². The van der Waals surface area contributed by atoms with Crippen LogP contribution in [0.2, 0.25) is 0 Å². The summed E-state index contributed by atoms with van der Waals surface area (Å²) in [6.07, 6.45) is 0.890. The maximum Gasteiger partial charge on any atom is 0.197 e. The van der Waals surface area contributed by atoms with Crippen molar-refractivity contribution < 1.29 is 9.53 Å². The van der Waals surface area contributed by atoms with E-state index < -0.39 is 0 Å². The first kappa shape index (κ1) is 12.7. The number of halogens is 1. The lowest BCUT2D eigenvalue weighted by Crippen LogP contribution is -2.06. The Morgan fingerprint density at radius 2 is 1.89 bits per heavy atom. The van der Waals surface area contributed by atoms with E-state index in [0.29, 0.717) is 12.2 Å². The van der Waals surface area contributed by atoms with Crippen LogP contribution >= 0.6 is 22.6 Å². The van der Waals surface area contributed by atoms with Gasteiger partial charge in [-0.3, -0.25) is 4.79 Å². The highest BCUT2D eigenvalue weighted by molar-refractivity contribution is 14.1. The molecule has 0 unspecified atom stereocenters. The molecule has 96 valence electrons. The van der Waals surface area contributed by atoms with E-state index in [-0.39, 0.29) is 5.78 Å². The summed E-state index contributed by atoms with van der Waals surface area (Å²) in [6, 6.07) is 11.6. The molecule has 1 aliphatic rings. The largest absolute Gasteiger partial charge is 0.492 e. The Kier molecular flexibility index (Phi) is 3.31. The summed E-state index contributed by atoms with van der Waals surface area (Å²) < 4.78 is 6.63. The van der Waals surface area contributed by atoms with Gasteiger partial charge in [0.25, 0.3) is 0 Å². The summed E-state index contributed by atoms with van der Waals surface area (Å²) in [7, 11) is 0. The normalized spacial score (nSPS) is 12.9. The van der Waals surface area contributed by atoms with Crippen molar-refractivity contribution in [3.8, 4) is 5.75 Å². The molecule has 0 bridgehead atoms. The Hall–Kier alpha value is -1.36. The van der Waals surface area contributed by atoms with E-state index in [1.807, 2.05) is 43.3 Å². The summed E-state index contributed by atoms with van der Waals surface area (Å²) in [5.41, 5.74) is 3.69.